The van der Waals surface area contributed by atoms with Crippen molar-refractivity contribution in [3.8, 4) is 39.5 Å². The fourth-order valence-electron chi connectivity index (χ4n) is 3.97. The molecule has 7 nitrogen and oxygen atoms in total. The molecule has 0 spiro atoms. The summed E-state index contributed by atoms with van der Waals surface area (Å²) in [7, 11) is 1.62. The van der Waals surface area contributed by atoms with Crippen molar-refractivity contribution < 1.29 is 9.13 Å². The van der Waals surface area contributed by atoms with Gasteiger partial charge in [-0.2, -0.15) is 5.10 Å². The van der Waals surface area contributed by atoms with E-state index >= 15 is 0 Å². The number of aromatic nitrogens is 6. The second-order valence-corrected chi connectivity index (χ2v) is 7.60. The number of rotatable bonds is 4. The topological polar surface area (TPSA) is 92.4 Å². The van der Waals surface area contributed by atoms with Crippen LogP contribution in [0.15, 0.2) is 73.2 Å². The maximum Gasteiger partial charge on any atom is 0.160 e. The molecule has 0 aliphatic heterocycles. The summed E-state index contributed by atoms with van der Waals surface area (Å²) in [5.74, 6) is 0.966. The maximum atomic E-state index is 13.8. The predicted molar refractivity (Wildman–Crippen MR) is 124 cm³/mol. The van der Waals surface area contributed by atoms with Crippen LogP contribution in [0.25, 0.3) is 55.8 Å². The monoisotopic (exact) mass is 436 g/mol. The predicted octanol–water partition coefficient (Wildman–Crippen LogP) is 5.38. The van der Waals surface area contributed by atoms with Gasteiger partial charge in [-0.1, -0.05) is 18.2 Å². The Hall–Kier alpha value is -4.59. The van der Waals surface area contributed by atoms with Gasteiger partial charge in [-0.15, -0.1) is 0 Å². The van der Waals surface area contributed by atoms with Crippen molar-refractivity contribution in [3.05, 3.63) is 79.0 Å². The first-order valence-corrected chi connectivity index (χ1v) is 10.3. The number of imidazole rings is 1. The summed E-state index contributed by atoms with van der Waals surface area (Å²) < 4.78 is 19.1. The first kappa shape index (κ1) is 19.1. The number of hydrogen-bond acceptors (Lipinski definition) is 5. The van der Waals surface area contributed by atoms with Gasteiger partial charge in [-0.05, 0) is 47.5 Å². The minimum Gasteiger partial charge on any atom is -0.495 e. The number of H-pyrrole nitrogens is 2. The van der Waals surface area contributed by atoms with E-state index < -0.39 is 0 Å². The van der Waals surface area contributed by atoms with Crippen molar-refractivity contribution in [2.75, 3.05) is 7.11 Å². The highest BCUT2D eigenvalue weighted by molar-refractivity contribution is 5.97. The molecule has 0 aliphatic carbocycles. The summed E-state index contributed by atoms with van der Waals surface area (Å²) in [6, 6.07) is 16.2. The summed E-state index contributed by atoms with van der Waals surface area (Å²) in [6.45, 7) is 0. The first-order valence-electron chi connectivity index (χ1n) is 10.3. The van der Waals surface area contributed by atoms with E-state index in [1.807, 2.05) is 36.4 Å². The molecule has 33 heavy (non-hydrogen) atoms. The Morgan fingerprint density at radius 1 is 0.939 bits per heavy atom. The highest BCUT2D eigenvalue weighted by atomic mass is 19.1. The third-order valence-electron chi connectivity index (χ3n) is 5.59. The highest BCUT2D eigenvalue weighted by Crippen LogP contribution is 2.33. The van der Waals surface area contributed by atoms with Crippen molar-refractivity contribution in [1.29, 1.82) is 0 Å². The van der Waals surface area contributed by atoms with Crippen LogP contribution in [0.3, 0.4) is 0 Å². The lowest BCUT2D eigenvalue weighted by atomic mass is 10.0. The SMILES string of the molecule is COc1cncc(-c2ccc3[nH]nc(-c4nc5c(-c6cccc(F)c6)ccnc5[nH]4)c3c2)c1. The van der Waals surface area contributed by atoms with Crippen LogP contribution < -0.4 is 4.74 Å². The van der Waals surface area contributed by atoms with Gasteiger partial charge < -0.3 is 9.72 Å². The Bertz CT molecular complexity index is 1640. The van der Waals surface area contributed by atoms with Gasteiger partial charge in [0.25, 0.3) is 0 Å². The lowest BCUT2D eigenvalue weighted by molar-refractivity contribution is 0.413. The molecule has 6 rings (SSSR count). The third kappa shape index (κ3) is 3.28. The van der Waals surface area contributed by atoms with Crippen LogP contribution >= 0.6 is 0 Å². The quantitative estimate of drug-likeness (QED) is 0.387. The Balaban J connectivity index is 1.49. The van der Waals surface area contributed by atoms with Gasteiger partial charge in [0.2, 0.25) is 0 Å². The third-order valence-corrected chi connectivity index (χ3v) is 5.59. The average molecular weight is 436 g/mol. The van der Waals surface area contributed by atoms with E-state index in [1.165, 1.54) is 12.1 Å². The molecule has 2 aromatic carbocycles. The molecular formula is C25H17FN6O. The van der Waals surface area contributed by atoms with Gasteiger partial charge in [-0.25, -0.2) is 14.4 Å². The number of benzene rings is 2. The summed E-state index contributed by atoms with van der Waals surface area (Å²) in [5.41, 5.74) is 6.26. The van der Waals surface area contributed by atoms with Crippen LogP contribution in [0.1, 0.15) is 0 Å². The van der Waals surface area contributed by atoms with Gasteiger partial charge in [0, 0.05) is 28.9 Å². The molecule has 0 amide bonds. The van der Waals surface area contributed by atoms with Gasteiger partial charge in [0.15, 0.2) is 11.5 Å². The first-order chi connectivity index (χ1) is 16.2. The van der Waals surface area contributed by atoms with E-state index in [0.717, 1.165) is 33.2 Å². The number of hydrogen-bond donors (Lipinski definition) is 2. The zero-order valence-corrected chi connectivity index (χ0v) is 17.5. The molecule has 0 fully saturated rings. The fraction of sp³-hybridized carbons (Fsp3) is 0.0400. The molecule has 160 valence electrons. The van der Waals surface area contributed by atoms with Crippen molar-refractivity contribution in [2.45, 2.75) is 0 Å². The Labute approximate surface area is 187 Å². The van der Waals surface area contributed by atoms with Gasteiger partial charge in [-0.3, -0.25) is 10.1 Å². The minimum atomic E-state index is -0.300. The smallest absolute Gasteiger partial charge is 0.160 e. The normalized spacial score (nSPS) is 11.3. The van der Waals surface area contributed by atoms with Gasteiger partial charge in [0.1, 0.15) is 22.8 Å². The highest BCUT2D eigenvalue weighted by Gasteiger charge is 2.16. The molecule has 0 aliphatic rings. The van der Waals surface area contributed by atoms with E-state index in [4.69, 9.17) is 9.72 Å². The fourth-order valence-corrected chi connectivity index (χ4v) is 3.97. The van der Waals surface area contributed by atoms with Crippen LogP contribution in [0.5, 0.6) is 5.75 Å². The Morgan fingerprint density at radius 3 is 2.76 bits per heavy atom. The van der Waals surface area contributed by atoms with Crippen LogP contribution in [-0.2, 0) is 0 Å². The standard InChI is InChI=1S/C25H17FN6O/c1-33-18-10-16(12-27-13-18)14-5-6-21-20(11-14)23(32-31-21)25-29-22-19(7-8-28-24(22)30-25)15-3-2-4-17(26)9-15/h2-13H,1H3,(H,31,32)(H,28,29,30). The molecule has 0 bridgehead atoms. The number of nitrogens with one attached hydrogen (secondary N) is 2. The molecular weight excluding hydrogens is 419 g/mol. The van der Waals surface area contributed by atoms with Crippen molar-refractivity contribution in [3.63, 3.8) is 0 Å². The van der Waals surface area contributed by atoms with Gasteiger partial charge in [0.05, 0.1) is 18.8 Å². The number of pyridine rings is 2. The molecule has 4 aromatic heterocycles. The molecule has 0 saturated heterocycles. The summed E-state index contributed by atoms with van der Waals surface area (Å²) >= 11 is 0. The number of nitrogens with zero attached hydrogens (tertiary/aromatic N) is 4. The second kappa shape index (κ2) is 7.52. The van der Waals surface area contributed by atoms with E-state index in [0.29, 0.717) is 28.4 Å². The van der Waals surface area contributed by atoms with Crippen LogP contribution in [0, 0.1) is 5.82 Å². The van der Waals surface area contributed by atoms with E-state index in [9.17, 15) is 4.39 Å². The Kier molecular flexibility index (Phi) is 4.36. The zero-order valence-electron chi connectivity index (χ0n) is 17.5. The van der Waals surface area contributed by atoms with Crippen molar-refractivity contribution in [2.24, 2.45) is 0 Å². The van der Waals surface area contributed by atoms with Gasteiger partial charge >= 0.3 is 0 Å². The summed E-state index contributed by atoms with van der Waals surface area (Å²) in [6.07, 6.45) is 5.14. The molecule has 0 unspecified atom stereocenters. The lowest BCUT2D eigenvalue weighted by Gasteiger charge is -2.04. The maximum absolute atomic E-state index is 13.8. The molecule has 8 heteroatoms. The number of ether oxygens (including phenoxy) is 1. The summed E-state index contributed by atoms with van der Waals surface area (Å²) in [5, 5.41) is 8.47. The van der Waals surface area contributed by atoms with Crippen molar-refractivity contribution >= 4 is 22.1 Å². The lowest BCUT2D eigenvalue weighted by Crippen LogP contribution is -1.86. The molecule has 0 saturated carbocycles. The Morgan fingerprint density at radius 2 is 1.88 bits per heavy atom. The number of halogens is 1. The molecule has 0 radical (unpaired) electrons. The zero-order chi connectivity index (χ0) is 22.4. The van der Waals surface area contributed by atoms with Crippen LogP contribution in [-0.4, -0.2) is 37.2 Å². The van der Waals surface area contributed by atoms with E-state index in [2.05, 4.69) is 25.1 Å². The van der Waals surface area contributed by atoms with Crippen LogP contribution in [0.2, 0.25) is 0 Å². The average Bonchev–Trinajstić information content (AvgIpc) is 3.47. The number of methoxy groups -OCH3 is 1. The summed E-state index contributed by atoms with van der Waals surface area (Å²) in [4.78, 5) is 16.7. The molecule has 0 atom stereocenters. The molecule has 4 heterocycles. The number of fused-ring (bicyclic) bond motifs is 2. The van der Waals surface area contributed by atoms with E-state index in [1.54, 1.807) is 31.8 Å². The largest absolute Gasteiger partial charge is 0.495 e. The number of aromatic amines is 2. The van der Waals surface area contributed by atoms with Crippen LogP contribution in [0.4, 0.5) is 4.39 Å². The van der Waals surface area contributed by atoms with Crippen molar-refractivity contribution in [1.82, 2.24) is 30.1 Å². The second-order valence-electron chi connectivity index (χ2n) is 7.60. The molecule has 6 aromatic rings. The minimum absolute atomic E-state index is 0.300. The molecule has 2 N–H and O–H groups in total. The van der Waals surface area contributed by atoms with E-state index in [-0.39, 0.29) is 5.82 Å².